The van der Waals surface area contributed by atoms with Crippen LogP contribution in [0.1, 0.15) is 11.9 Å². The van der Waals surface area contributed by atoms with Crippen molar-refractivity contribution < 1.29 is 4.84 Å². The van der Waals surface area contributed by atoms with Gasteiger partial charge in [0.15, 0.2) is 0 Å². The van der Waals surface area contributed by atoms with Crippen LogP contribution in [-0.4, -0.2) is 50.9 Å². The molecule has 0 aliphatic carbocycles. The Morgan fingerprint density at radius 2 is 1.94 bits per heavy atom. The first-order valence-corrected chi connectivity index (χ1v) is 11.6. The number of hydroxylamine groups is 2. The average molecular weight is 433 g/mol. The normalized spacial score (nSPS) is 15.5. The molecule has 31 heavy (non-hydrogen) atoms. The predicted octanol–water partition coefficient (Wildman–Crippen LogP) is 4.50. The molecule has 1 radical (unpaired) electrons. The molecule has 1 aliphatic heterocycles. The van der Waals surface area contributed by atoms with E-state index in [1.54, 1.807) is 11.3 Å². The van der Waals surface area contributed by atoms with Gasteiger partial charge in [0.25, 0.3) is 0 Å². The van der Waals surface area contributed by atoms with Gasteiger partial charge in [-0.05, 0) is 24.1 Å². The van der Waals surface area contributed by atoms with Crippen molar-refractivity contribution in [3.63, 3.8) is 0 Å². The molecule has 0 spiro atoms. The molecule has 1 aliphatic rings. The van der Waals surface area contributed by atoms with Gasteiger partial charge in [-0.25, -0.2) is 4.98 Å². The van der Waals surface area contributed by atoms with Crippen LogP contribution in [0.4, 0.5) is 0 Å². The monoisotopic (exact) mass is 432 g/mol. The molecule has 0 atom stereocenters. The lowest BCUT2D eigenvalue weighted by Crippen LogP contribution is -2.45. The number of aromatic nitrogens is 3. The van der Waals surface area contributed by atoms with Crippen LogP contribution in [0.3, 0.4) is 0 Å². The highest BCUT2D eigenvalue weighted by Gasteiger charge is 2.19. The van der Waals surface area contributed by atoms with E-state index < -0.39 is 0 Å². The van der Waals surface area contributed by atoms with Crippen molar-refractivity contribution in [1.29, 1.82) is 0 Å². The van der Waals surface area contributed by atoms with Gasteiger partial charge >= 0.3 is 0 Å². The van der Waals surface area contributed by atoms with Gasteiger partial charge in [0.2, 0.25) is 0 Å². The summed E-state index contributed by atoms with van der Waals surface area (Å²) in [5.74, 6) is 0.854. The van der Waals surface area contributed by atoms with Crippen LogP contribution >= 0.6 is 11.3 Å². The standard InChI is InChI=1S/C24H26N5OS/c1-2-24-26-22-16-21(8-9-23(22)31-24)30-29-14-11-27(12-15-29)10-13-28-18-20(17-25-28)19-6-4-3-5-7-19/h3-9,11,16-18H,2,10,12-15H2,1H3. The van der Waals surface area contributed by atoms with Crippen LogP contribution in [0.15, 0.2) is 60.9 Å². The number of thiazole rings is 1. The SMILES string of the molecule is CCc1nc2cc(ON3C[CH]N(CCn4cc(-c5ccccc5)cn4)CC3)ccc2s1. The van der Waals surface area contributed by atoms with Crippen LogP contribution in [0.25, 0.3) is 21.3 Å². The minimum absolute atomic E-state index is 0.768. The summed E-state index contributed by atoms with van der Waals surface area (Å²) in [7, 11) is 0. The molecule has 1 fully saturated rings. The number of hydrogen-bond acceptors (Lipinski definition) is 6. The maximum atomic E-state index is 6.09. The smallest absolute Gasteiger partial charge is 0.149 e. The summed E-state index contributed by atoms with van der Waals surface area (Å²) in [5.41, 5.74) is 3.38. The Morgan fingerprint density at radius 1 is 1.03 bits per heavy atom. The molecule has 7 heteroatoms. The van der Waals surface area contributed by atoms with Gasteiger partial charge < -0.3 is 4.84 Å². The number of rotatable bonds is 7. The highest BCUT2D eigenvalue weighted by molar-refractivity contribution is 7.18. The molecule has 1 saturated heterocycles. The summed E-state index contributed by atoms with van der Waals surface area (Å²) < 4.78 is 3.24. The Kier molecular flexibility index (Phi) is 5.97. The van der Waals surface area contributed by atoms with E-state index in [1.165, 1.54) is 15.3 Å². The molecule has 159 valence electrons. The molecule has 0 bridgehead atoms. The Bertz CT molecular complexity index is 1130. The van der Waals surface area contributed by atoms with Crippen LogP contribution < -0.4 is 4.84 Å². The third-order valence-corrected chi connectivity index (χ3v) is 6.66. The maximum Gasteiger partial charge on any atom is 0.149 e. The molecule has 2 aromatic heterocycles. The fourth-order valence-corrected chi connectivity index (χ4v) is 4.61. The molecule has 0 saturated carbocycles. The zero-order valence-corrected chi connectivity index (χ0v) is 18.5. The van der Waals surface area contributed by atoms with Crippen molar-refractivity contribution in [2.75, 3.05) is 26.2 Å². The quantitative estimate of drug-likeness (QED) is 0.430. The number of hydrogen-bond donors (Lipinski definition) is 0. The second-order valence-corrected chi connectivity index (χ2v) is 8.76. The van der Waals surface area contributed by atoms with Gasteiger partial charge in [0.1, 0.15) is 5.75 Å². The number of nitrogens with zero attached hydrogens (tertiary/aromatic N) is 5. The van der Waals surface area contributed by atoms with Gasteiger partial charge in [-0.2, -0.15) is 5.10 Å². The number of piperazine rings is 1. The molecule has 4 aromatic rings. The molecule has 3 heterocycles. The molecular formula is C24H26N5OS. The zero-order valence-electron chi connectivity index (χ0n) is 17.6. The molecule has 2 aromatic carbocycles. The van der Waals surface area contributed by atoms with Gasteiger partial charge in [0, 0.05) is 44.0 Å². The van der Waals surface area contributed by atoms with Crippen LogP contribution in [0.2, 0.25) is 0 Å². The van der Waals surface area contributed by atoms with Gasteiger partial charge in [-0.3, -0.25) is 9.58 Å². The summed E-state index contributed by atoms with van der Waals surface area (Å²) >= 11 is 1.76. The maximum absolute atomic E-state index is 6.09. The minimum atomic E-state index is 0.768. The number of benzene rings is 2. The molecule has 5 rings (SSSR count). The van der Waals surface area contributed by atoms with E-state index in [1.807, 2.05) is 34.1 Å². The summed E-state index contributed by atoms with van der Waals surface area (Å²) in [6.45, 7) is 8.72. The van der Waals surface area contributed by atoms with E-state index in [2.05, 4.69) is 65.0 Å². The third-order valence-electron chi connectivity index (χ3n) is 5.48. The first-order chi connectivity index (χ1) is 15.3. The van der Waals surface area contributed by atoms with E-state index in [9.17, 15) is 0 Å². The first kappa shape index (κ1) is 20.2. The molecule has 0 unspecified atom stereocenters. The Labute approximate surface area is 186 Å². The number of aryl methyl sites for hydroxylation is 1. The van der Waals surface area contributed by atoms with E-state index >= 15 is 0 Å². The third kappa shape index (κ3) is 4.79. The lowest BCUT2D eigenvalue weighted by Gasteiger charge is -2.33. The largest absolute Gasteiger partial charge is 0.406 e. The van der Waals surface area contributed by atoms with Crippen LogP contribution in [0.5, 0.6) is 5.75 Å². The fraction of sp³-hybridized carbons (Fsp3) is 0.292. The lowest BCUT2D eigenvalue weighted by molar-refractivity contribution is -0.0764. The minimum Gasteiger partial charge on any atom is -0.406 e. The summed E-state index contributed by atoms with van der Waals surface area (Å²) in [6, 6.07) is 16.6. The fourth-order valence-electron chi connectivity index (χ4n) is 3.72. The lowest BCUT2D eigenvalue weighted by atomic mass is 10.1. The Balaban J connectivity index is 1.10. The molecular weight excluding hydrogens is 406 g/mol. The van der Waals surface area contributed by atoms with Gasteiger partial charge in [0.05, 0.1) is 34.5 Å². The van der Waals surface area contributed by atoms with E-state index in [0.717, 1.165) is 56.0 Å². The van der Waals surface area contributed by atoms with Crippen LogP contribution in [-0.2, 0) is 13.0 Å². The summed E-state index contributed by atoms with van der Waals surface area (Å²) in [6.07, 6.45) is 5.03. The van der Waals surface area contributed by atoms with Crippen molar-refractivity contribution in [2.45, 2.75) is 19.9 Å². The number of fused-ring (bicyclic) bond motifs is 1. The van der Waals surface area contributed by atoms with Crippen molar-refractivity contribution in [1.82, 2.24) is 24.7 Å². The van der Waals surface area contributed by atoms with Crippen molar-refractivity contribution in [3.05, 3.63) is 72.5 Å². The first-order valence-electron chi connectivity index (χ1n) is 10.7. The van der Waals surface area contributed by atoms with Gasteiger partial charge in [-0.1, -0.05) is 37.3 Å². The second-order valence-electron chi connectivity index (χ2n) is 7.65. The highest BCUT2D eigenvalue weighted by atomic mass is 32.1. The van der Waals surface area contributed by atoms with Crippen molar-refractivity contribution in [2.24, 2.45) is 0 Å². The zero-order chi connectivity index (χ0) is 21.0. The molecule has 0 N–H and O–H groups in total. The average Bonchev–Trinajstić information content (AvgIpc) is 3.46. The topological polar surface area (TPSA) is 46.4 Å². The summed E-state index contributed by atoms with van der Waals surface area (Å²) in [5, 5.41) is 7.69. The van der Waals surface area contributed by atoms with Crippen molar-refractivity contribution >= 4 is 21.6 Å². The Morgan fingerprint density at radius 3 is 2.74 bits per heavy atom. The predicted molar refractivity (Wildman–Crippen MR) is 125 cm³/mol. The summed E-state index contributed by atoms with van der Waals surface area (Å²) in [4.78, 5) is 13.1. The second kappa shape index (κ2) is 9.18. The Hall–Kier alpha value is -2.74. The van der Waals surface area contributed by atoms with Crippen molar-refractivity contribution in [3.8, 4) is 16.9 Å². The van der Waals surface area contributed by atoms with E-state index in [4.69, 9.17) is 4.84 Å². The molecule has 6 nitrogen and oxygen atoms in total. The van der Waals surface area contributed by atoms with E-state index in [-0.39, 0.29) is 0 Å². The van der Waals surface area contributed by atoms with Gasteiger partial charge in [-0.15, -0.1) is 16.4 Å². The van der Waals surface area contributed by atoms with Crippen LogP contribution in [0, 0.1) is 6.54 Å². The highest BCUT2D eigenvalue weighted by Crippen LogP contribution is 2.27. The molecule has 0 amide bonds. The van der Waals surface area contributed by atoms with E-state index in [0.29, 0.717) is 0 Å².